The molecule has 8 heteroatoms. The Labute approximate surface area is 155 Å². The van der Waals surface area contributed by atoms with Gasteiger partial charge in [-0.15, -0.1) is 0 Å². The number of amides is 2. The van der Waals surface area contributed by atoms with E-state index >= 15 is 0 Å². The smallest absolute Gasteiger partial charge is 0.252 e. The highest BCUT2D eigenvalue weighted by Gasteiger charge is 2.28. The summed E-state index contributed by atoms with van der Waals surface area (Å²) in [7, 11) is 0. The number of nitrogens with one attached hydrogen (secondary N) is 3. The first-order chi connectivity index (χ1) is 12.6. The first-order valence-electron chi connectivity index (χ1n) is 7.89. The maximum absolute atomic E-state index is 12.1. The Bertz CT molecular complexity index is 867. The molecule has 1 aliphatic rings. The lowest BCUT2D eigenvalue weighted by Crippen LogP contribution is -2.35. The average molecular weight is 370 g/mol. The molecule has 0 fully saturated rings. The van der Waals surface area contributed by atoms with Crippen molar-refractivity contribution in [2.45, 2.75) is 12.5 Å². The van der Waals surface area contributed by atoms with Gasteiger partial charge in [0, 0.05) is 0 Å². The monoisotopic (exact) mass is 369 g/mol. The van der Waals surface area contributed by atoms with E-state index in [2.05, 4.69) is 26.2 Å². The molecule has 0 radical (unpaired) electrons. The van der Waals surface area contributed by atoms with E-state index in [1.54, 1.807) is 30.5 Å². The van der Waals surface area contributed by atoms with Gasteiger partial charge in [-0.1, -0.05) is 54.1 Å². The Morgan fingerprint density at radius 3 is 2.69 bits per heavy atom. The molecule has 1 atom stereocenters. The predicted octanol–water partition coefficient (Wildman–Crippen LogP) is 2.15. The number of para-hydroxylation sites is 1. The van der Waals surface area contributed by atoms with Gasteiger partial charge < -0.3 is 5.32 Å². The largest absolute Gasteiger partial charge is 0.325 e. The van der Waals surface area contributed by atoms with Crippen LogP contribution in [0.5, 0.6) is 0 Å². The van der Waals surface area contributed by atoms with E-state index < -0.39 is 6.04 Å². The molecular weight excluding hydrogens is 354 g/mol. The topological polar surface area (TPSA) is 94.9 Å². The van der Waals surface area contributed by atoms with E-state index in [-0.39, 0.29) is 24.2 Å². The van der Waals surface area contributed by atoms with Gasteiger partial charge in [-0.25, -0.2) is 10.4 Å². The summed E-state index contributed by atoms with van der Waals surface area (Å²) < 4.78 is 0. The number of guanidine groups is 1. The van der Waals surface area contributed by atoms with Crippen LogP contribution < -0.4 is 16.1 Å². The molecule has 0 saturated carbocycles. The van der Waals surface area contributed by atoms with Crippen molar-refractivity contribution in [3.8, 4) is 0 Å². The van der Waals surface area contributed by atoms with Crippen LogP contribution in [0.2, 0.25) is 5.02 Å². The second kappa shape index (κ2) is 8.26. The van der Waals surface area contributed by atoms with Gasteiger partial charge in [0.2, 0.25) is 11.9 Å². The molecule has 0 aromatic heterocycles. The van der Waals surface area contributed by atoms with Crippen LogP contribution in [0.4, 0.5) is 5.69 Å². The van der Waals surface area contributed by atoms with E-state index in [1.165, 1.54) is 0 Å². The second-order valence-electron chi connectivity index (χ2n) is 5.50. The Balaban J connectivity index is 1.55. The van der Waals surface area contributed by atoms with Crippen LogP contribution in [0.25, 0.3) is 0 Å². The van der Waals surface area contributed by atoms with Crippen LogP contribution >= 0.6 is 11.6 Å². The molecule has 1 heterocycles. The zero-order chi connectivity index (χ0) is 18.4. The number of anilines is 1. The number of hydrazone groups is 1. The van der Waals surface area contributed by atoms with Gasteiger partial charge >= 0.3 is 0 Å². The Morgan fingerprint density at radius 1 is 1.19 bits per heavy atom. The van der Waals surface area contributed by atoms with Gasteiger partial charge in [-0.05, 0) is 17.7 Å². The summed E-state index contributed by atoms with van der Waals surface area (Å²) in [4.78, 5) is 28.2. The maximum atomic E-state index is 12.1. The summed E-state index contributed by atoms with van der Waals surface area (Å²) in [6.07, 6.45) is 1.51. The molecule has 3 N–H and O–H groups in total. The first-order valence-corrected chi connectivity index (χ1v) is 8.27. The minimum absolute atomic E-state index is 0.0926. The molecule has 0 spiro atoms. The van der Waals surface area contributed by atoms with E-state index in [0.29, 0.717) is 10.7 Å². The highest BCUT2D eigenvalue weighted by atomic mass is 35.5. The lowest BCUT2D eigenvalue weighted by Gasteiger charge is -2.08. The molecule has 26 heavy (non-hydrogen) atoms. The summed E-state index contributed by atoms with van der Waals surface area (Å²) in [5.74, 6) is -0.509. The molecule has 3 rings (SSSR count). The molecule has 0 bridgehead atoms. The van der Waals surface area contributed by atoms with Crippen LogP contribution in [0.1, 0.15) is 12.0 Å². The van der Waals surface area contributed by atoms with Crippen molar-refractivity contribution in [2.75, 3.05) is 5.32 Å². The zero-order valence-electron chi connectivity index (χ0n) is 13.6. The molecule has 1 unspecified atom stereocenters. The molecule has 7 nitrogen and oxygen atoms in total. The molecule has 132 valence electrons. The highest BCUT2D eigenvalue weighted by molar-refractivity contribution is 6.33. The average Bonchev–Trinajstić information content (AvgIpc) is 2.97. The third kappa shape index (κ3) is 4.67. The predicted molar refractivity (Wildman–Crippen MR) is 101 cm³/mol. The van der Waals surface area contributed by atoms with Crippen LogP contribution in [-0.2, 0) is 9.59 Å². The Hall–Kier alpha value is -3.19. The number of hydrogen-bond donors (Lipinski definition) is 3. The van der Waals surface area contributed by atoms with Gasteiger partial charge in [0.25, 0.3) is 5.91 Å². The number of hydrogen-bond acceptors (Lipinski definition) is 5. The minimum Gasteiger partial charge on any atom is -0.325 e. The number of benzene rings is 2. The van der Waals surface area contributed by atoms with Gasteiger partial charge in [-0.3, -0.25) is 14.9 Å². The van der Waals surface area contributed by atoms with Crippen LogP contribution in [0.15, 0.2) is 64.7 Å². The Morgan fingerprint density at radius 2 is 1.92 bits per heavy atom. The molecular formula is C18H16ClN5O2. The van der Waals surface area contributed by atoms with Crippen molar-refractivity contribution in [3.63, 3.8) is 0 Å². The third-order valence-corrected chi connectivity index (χ3v) is 3.87. The van der Waals surface area contributed by atoms with E-state index in [1.807, 2.05) is 30.3 Å². The van der Waals surface area contributed by atoms with E-state index in [9.17, 15) is 9.59 Å². The third-order valence-electron chi connectivity index (χ3n) is 3.54. The van der Waals surface area contributed by atoms with Crippen molar-refractivity contribution in [3.05, 3.63) is 65.2 Å². The fourth-order valence-electron chi connectivity index (χ4n) is 2.29. The maximum Gasteiger partial charge on any atom is 0.252 e. The fraction of sp³-hybridized carbons (Fsp3) is 0.111. The standard InChI is InChI=1S/C18H16ClN5O2/c19-13-8-4-5-9-14(13)21-16(25)10-15-17(26)23-18(22-15)24-20-11-12-6-2-1-3-7-12/h1-9,11,15H,10H2,(H,21,25)(H2,22,23,24,26)/b20-11-. The second-order valence-corrected chi connectivity index (χ2v) is 5.90. The molecule has 0 aliphatic carbocycles. The zero-order valence-corrected chi connectivity index (χ0v) is 14.4. The summed E-state index contributed by atoms with van der Waals surface area (Å²) >= 11 is 6.00. The van der Waals surface area contributed by atoms with Crippen molar-refractivity contribution < 1.29 is 9.59 Å². The minimum atomic E-state index is -0.813. The quantitative estimate of drug-likeness (QED) is 0.556. The van der Waals surface area contributed by atoms with Crippen LogP contribution in [0, 0.1) is 0 Å². The molecule has 2 aromatic rings. The fourth-order valence-corrected chi connectivity index (χ4v) is 2.47. The molecule has 2 aromatic carbocycles. The number of halogens is 1. The summed E-state index contributed by atoms with van der Waals surface area (Å²) in [5.41, 5.74) is 4.05. The SMILES string of the molecule is O=C(CC1N=C(N/N=C\c2ccccc2)NC1=O)Nc1ccccc1Cl. The summed E-state index contributed by atoms with van der Waals surface area (Å²) in [6, 6.07) is 15.5. The van der Waals surface area contributed by atoms with Crippen LogP contribution in [-0.4, -0.2) is 30.0 Å². The Kier molecular flexibility index (Phi) is 5.60. The number of aliphatic imine (C=N–C) groups is 1. The molecule has 2 amide bonds. The van der Waals surface area contributed by atoms with E-state index in [4.69, 9.17) is 11.6 Å². The normalized spacial score (nSPS) is 16.3. The van der Waals surface area contributed by atoms with Gasteiger partial charge in [0.15, 0.2) is 0 Å². The molecule has 1 aliphatic heterocycles. The van der Waals surface area contributed by atoms with Crippen molar-refractivity contribution >= 4 is 41.3 Å². The van der Waals surface area contributed by atoms with Gasteiger partial charge in [0.1, 0.15) is 6.04 Å². The highest BCUT2D eigenvalue weighted by Crippen LogP contribution is 2.21. The number of carbonyl (C=O) groups is 2. The van der Waals surface area contributed by atoms with Crippen molar-refractivity contribution in [1.82, 2.24) is 10.7 Å². The van der Waals surface area contributed by atoms with Gasteiger partial charge in [-0.2, -0.15) is 5.10 Å². The number of nitrogens with zero attached hydrogens (tertiary/aromatic N) is 2. The van der Waals surface area contributed by atoms with Crippen molar-refractivity contribution in [2.24, 2.45) is 10.1 Å². The summed E-state index contributed by atoms with van der Waals surface area (Å²) in [5, 5.41) is 9.66. The lowest BCUT2D eigenvalue weighted by molar-refractivity contribution is -0.123. The summed E-state index contributed by atoms with van der Waals surface area (Å²) in [6.45, 7) is 0. The van der Waals surface area contributed by atoms with E-state index in [0.717, 1.165) is 5.56 Å². The van der Waals surface area contributed by atoms with Gasteiger partial charge in [0.05, 0.1) is 23.3 Å². The number of carbonyl (C=O) groups excluding carboxylic acids is 2. The first kappa shape index (κ1) is 17.6. The van der Waals surface area contributed by atoms with Crippen molar-refractivity contribution in [1.29, 1.82) is 0 Å². The van der Waals surface area contributed by atoms with Crippen LogP contribution in [0.3, 0.4) is 0 Å². The number of rotatable bonds is 5. The lowest BCUT2D eigenvalue weighted by atomic mass is 10.2. The molecule has 0 saturated heterocycles.